The van der Waals surface area contributed by atoms with Crippen LogP contribution in [0.25, 0.3) is 11.1 Å². The number of hydrogen-bond acceptors (Lipinski definition) is 5. The van der Waals surface area contributed by atoms with Gasteiger partial charge in [0.2, 0.25) is 5.79 Å². The zero-order valence-electron chi connectivity index (χ0n) is 14.4. The fourth-order valence-corrected chi connectivity index (χ4v) is 3.53. The minimum absolute atomic E-state index is 0.417. The number of nitrogens with zero attached hydrogens (tertiary/aromatic N) is 1. The summed E-state index contributed by atoms with van der Waals surface area (Å²) in [7, 11) is -0.926. The van der Waals surface area contributed by atoms with E-state index in [1.165, 1.54) is 0 Å². The summed E-state index contributed by atoms with van der Waals surface area (Å²) in [5.74, 6) is -1.39. The number of ether oxygens (including phenoxy) is 2. The van der Waals surface area contributed by atoms with Gasteiger partial charge in [-0.25, -0.2) is 0 Å². The van der Waals surface area contributed by atoms with Crippen LogP contribution in [0.1, 0.15) is 16.7 Å². The molecule has 2 aromatic rings. The number of hydrogen-bond donors (Lipinski definition) is 1. The van der Waals surface area contributed by atoms with Crippen LogP contribution in [-0.4, -0.2) is 38.0 Å². The zero-order chi connectivity index (χ0) is 18.8. The van der Waals surface area contributed by atoms with E-state index in [-0.39, 0.29) is 0 Å². The lowest BCUT2D eigenvalue weighted by molar-refractivity contribution is -0.131. The minimum atomic E-state index is -4.06. The van der Waals surface area contributed by atoms with Crippen molar-refractivity contribution in [2.45, 2.75) is 11.5 Å². The van der Waals surface area contributed by atoms with E-state index in [4.69, 9.17) is 14.0 Å². The molecule has 3 rings (SSSR count). The molecule has 0 saturated carbocycles. The summed E-state index contributed by atoms with van der Waals surface area (Å²) in [5, 5.41) is 0. The molecule has 1 aliphatic rings. The average Bonchev–Trinajstić information content (AvgIpc) is 3.02. The van der Waals surface area contributed by atoms with Crippen molar-refractivity contribution in [3.63, 3.8) is 0 Å². The largest absolute Gasteiger partial charge is 0.346 e. The third kappa shape index (κ3) is 3.91. The van der Waals surface area contributed by atoms with Crippen molar-refractivity contribution in [3.05, 3.63) is 77.6 Å². The molecule has 0 saturated heterocycles. The van der Waals surface area contributed by atoms with Crippen LogP contribution in [0.4, 0.5) is 0 Å². The lowest BCUT2D eigenvalue weighted by Crippen LogP contribution is -2.26. The van der Waals surface area contributed by atoms with Gasteiger partial charge in [0.05, 0.1) is 0 Å². The number of benzene rings is 1. The summed E-state index contributed by atoms with van der Waals surface area (Å²) in [6.07, 6.45) is 7.19. The van der Waals surface area contributed by atoms with Crippen LogP contribution in [0.2, 0.25) is 0 Å². The van der Waals surface area contributed by atoms with Crippen molar-refractivity contribution >= 4 is 21.3 Å². The molecule has 1 aromatic carbocycles. The van der Waals surface area contributed by atoms with E-state index in [0.717, 1.165) is 22.3 Å². The second kappa shape index (κ2) is 7.13. The Morgan fingerprint density at radius 1 is 0.923 bits per heavy atom. The Bertz CT molecular complexity index is 943. The maximum absolute atomic E-state index is 11.0. The Kier molecular flexibility index (Phi) is 5.06. The smallest absolute Gasteiger partial charge is 0.269 e. The van der Waals surface area contributed by atoms with Crippen LogP contribution in [0.15, 0.2) is 60.9 Å². The zero-order valence-corrected chi connectivity index (χ0v) is 15.2. The van der Waals surface area contributed by atoms with Crippen LogP contribution in [0, 0.1) is 0 Å². The molecule has 0 bridgehead atoms. The average molecular weight is 373 g/mol. The highest BCUT2D eigenvalue weighted by Gasteiger charge is 2.33. The number of rotatable bonds is 6. The van der Waals surface area contributed by atoms with Gasteiger partial charge >= 0.3 is 0 Å². The molecule has 0 amide bonds. The van der Waals surface area contributed by atoms with Crippen LogP contribution < -0.4 is 0 Å². The SMILES string of the molecule is COC1(OC)C=C(c2ccncc2)C(c2ccc(CS(=O)(=O)O)cc2)=C1. The van der Waals surface area contributed by atoms with Gasteiger partial charge in [-0.15, -0.1) is 0 Å². The summed E-state index contributed by atoms with van der Waals surface area (Å²) in [6.45, 7) is 0. The third-order valence-corrected chi connectivity index (χ3v) is 4.92. The Labute approximate surface area is 152 Å². The van der Waals surface area contributed by atoms with E-state index in [1.807, 2.05) is 36.4 Å². The summed E-state index contributed by atoms with van der Waals surface area (Å²) in [6, 6.07) is 10.8. The van der Waals surface area contributed by atoms with Crippen LogP contribution in [-0.2, 0) is 25.3 Å². The number of allylic oxidation sites excluding steroid dienone is 2. The van der Waals surface area contributed by atoms with Crippen molar-refractivity contribution in [2.75, 3.05) is 14.2 Å². The van der Waals surface area contributed by atoms with E-state index in [0.29, 0.717) is 5.56 Å². The topological polar surface area (TPSA) is 85.7 Å². The van der Waals surface area contributed by atoms with Crippen molar-refractivity contribution in [3.8, 4) is 0 Å². The number of aromatic nitrogens is 1. The first kappa shape index (κ1) is 18.5. The fraction of sp³-hybridized carbons (Fsp3) is 0.211. The highest BCUT2D eigenvalue weighted by atomic mass is 32.2. The standard InChI is InChI=1S/C19H19NO5S/c1-24-19(25-2)11-17(18(12-19)16-7-9-20-10-8-16)15-5-3-14(4-6-15)13-26(21,22)23/h3-12H,13H2,1-2H3,(H,21,22,23). The van der Waals surface area contributed by atoms with Gasteiger partial charge in [0.15, 0.2) is 0 Å². The lowest BCUT2D eigenvalue weighted by Gasteiger charge is -2.21. The second-order valence-corrected chi connectivity index (χ2v) is 7.36. The molecule has 0 atom stereocenters. The Hall–Kier alpha value is -2.32. The summed E-state index contributed by atoms with van der Waals surface area (Å²) in [4.78, 5) is 4.05. The first-order chi connectivity index (χ1) is 12.4. The lowest BCUT2D eigenvalue weighted by atomic mass is 9.95. The molecule has 0 unspecified atom stereocenters. The molecule has 0 radical (unpaired) electrons. The van der Waals surface area contributed by atoms with E-state index in [2.05, 4.69) is 4.98 Å². The van der Waals surface area contributed by atoms with E-state index in [1.54, 1.807) is 38.7 Å². The van der Waals surface area contributed by atoms with Crippen molar-refractivity contribution in [1.82, 2.24) is 4.98 Å². The summed E-state index contributed by atoms with van der Waals surface area (Å²) >= 11 is 0. The molecule has 0 aliphatic heterocycles. The molecular formula is C19H19NO5S. The number of methoxy groups -OCH3 is 2. The predicted octanol–water partition coefficient (Wildman–Crippen LogP) is 2.94. The monoisotopic (exact) mass is 373 g/mol. The molecule has 6 nitrogen and oxygen atoms in total. The third-order valence-electron chi connectivity index (χ3n) is 4.22. The molecule has 1 aromatic heterocycles. The quantitative estimate of drug-likeness (QED) is 0.619. The van der Waals surface area contributed by atoms with Crippen LogP contribution in [0.3, 0.4) is 0 Å². The Balaban J connectivity index is 2.02. The minimum Gasteiger partial charge on any atom is -0.346 e. The Morgan fingerprint density at radius 3 is 1.88 bits per heavy atom. The normalized spacial score (nSPS) is 16.3. The van der Waals surface area contributed by atoms with Gasteiger partial charge in [0.25, 0.3) is 10.1 Å². The maximum Gasteiger partial charge on any atom is 0.269 e. The van der Waals surface area contributed by atoms with Gasteiger partial charge < -0.3 is 9.47 Å². The Morgan fingerprint density at radius 2 is 1.42 bits per heavy atom. The highest BCUT2D eigenvalue weighted by Crippen LogP contribution is 2.41. The van der Waals surface area contributed by atoms with Gasteiger partial charge in [0.1, 0.15) is 5.75 Å². The van der Waals surface area contributed by atoms with Gasteiger partial charge in [0, 0.05) is 26.6 Å². The van der Waals surface area contributed by atoms with E-state index in [9.17, 15) is 8.42 Å². The molecule has 0 fully saturated rings. The molecule has 1 aliphatic carbocycles. The first-order valence-electron chi connectivity index (χ1n) is 7.87. The summed E-state index contributed by atoms with van der Waals surface area (Å²) < 4.78 is 42.1. The van der Waals surface area contributed by atoms with Gasteiger partial charge in [-0.1, -0.05) is 24.3 Å². The van der Waals surface area contributed by atoms with Crippen LogP contribution >= 0.6 is 0 Å². The molecule has 1 N–H and O–H groups in total. The van der Waals surface area contributed by atoms with E-state index >= 15 is 0 Å². The maximum atomic E-state index is 11.0. The van der Waals surface area contributed by atoms with E-state index < -0.39 is 21.7 Å². The van der Waals surface area contributed by atoms with Crippen LogP contribution in [0.5, 0.6) is 0 Å². The van der Waals surface area contributed by atoms with Crippen molar-refractivity contribution in [2.24, 2.45) is 0 Å². The molecule has 7 heteroatoms. The van der Waals surface area contributed by atoms with Crippen molar-refractivity contribution < 1.29 is 22.4 Å². The van der Waals surface area contributed by atoms with Crippen molar-refractivity contribution in [1.29, 1.82) is 0 Å². The molecule has 0 spiro atoms. The van der Waals surface area contributed by atoms with Gasteiger partial charge in [-0.3, -0.25) is 9.54 Å². The first-order valence-corrected chi connectivity index (χ1v) is 9.48. The van der Waals surface area contributed by atoms with Gasteiger partial charge in [-0.05, 0) is 52.1 Å². The fourth-order valence-electron chi connectivity index (χ4n) is 2.92. The molecular weight excluding hydrogens is 354 g/mol. The molecule has 1 heterocycles. The predicted molar refractivity (Wildman–Crippen MR) is 98.6 cm³/mol. The summed E-state index contributed by atoms with van der Waals surface area (Å²) in [5.41, 5.74) is 4.18. The highest BCUT2D eigenvalue weighted by molar-refractivity contribution is 7.85. The van der Waals surface area contributed by atoms with Gasteiger partial charge in [-0.2, -0.15) is 8.42 Å². The molecule has 136 valence electrons. The second-order valence-electron chi connectivity index (χ2n) is 5.90. The number of pyridine rings is 1. The molecule has 26 heavy (non-hydrogen) atoms.